The Morgan fingerprint density at radius 1 is 1.19 bits per heavy atom. The summed E-state index contributed by atoms with van der Waals surface area (Å²) in [5.74, 6) is -0.0804. The Balaban J connectivity index is 1.89. The van der Waals surface area contributed by atoms with E-state index >= 15 is 0 Å². The molecule has 21 heavy (non-hydrogen) atoms. The van der Waals surface area contributed by atoms with Gasteiger partial charge in [-0.2, -0.15) is 0 Å². The summed E-state index contributed by atoms with van der Waals surface area (Å²) >= 11 is 5.94. The molecular weight excluding hydrogens is 284 g/mol. The fraction of sp³-hybridized carbons (Fsp3) is 0.235. The van der Waals surface area contributed by atoms with Gasteiger partial charge in [0, 0.05) is 16.8 Å². The Hall–Kier alpha value is -1.84. The van der Waals surface area contributed by atoms with Crippen LogP contribution >= 0.6 is 11.6 Å². The van der Waals surface area contributed by atoms with Crippen molar-refractivity contribution in [2.45, 2.75) is 19.9 Å². The monoisotopic (exact) mass is 302 g/mol. The lowest BCUT2D eigenvalue weighted by atomic mass is 10.1. The lowest BCUT2D eigenvalue weighted by Gasteiger charge is -2.14. The number of aryl methyl sites for hydroxylation is 1. The SMILES string of the molecule is Cc1ccc(Cl)cc1NC(=O)CNC(C)c1ccccc1. The van der Waals surface area contributed by atoms with E-state index in [0.717, 1.165) is 16.8 Å². The van der Waals surface area contributed by atoms with Gasteiger partial charge in [0.05, 0.1) is 6.54 Å². The number of benzene rings is 2. The minimum absolute atomic E-state index is 0.0804. The summed E-state index contributed by atoms with van der Waals surface area (Å²) in [6.45, 7) is 4.22. The first-order valence-electron chi connectivity index (χ1n) is 6.90. The summed E-state index contributed by atoms with van der Waals surface area (Å²) in [6.07, 6.45) is 0. The molecule has 0 aliphatic heterocycles. The quantitative estimate of drug-likeness (QED) is 0.878. The molecule has 2 rings (SSSR count). The molecule has 1 atom stereocenters. The third-order valence-corrected chi connectivity index (χ3v) is 3.58. The molecular formula is C17H19ClN2O. The summed E-state index contributed by atoms with van der Waals surface area (Å²) in [7, 11) is 0. The van der Waals surface area contributed by atoms with Crippen LogP contribution in [0.5, 0.6) is 0 Å². The first-order chi connectivity index (χ1) is 10.1. The van der Waals surface area contributed by atoms with E-state index in [0.29, 0.717) is 5.02 Å². The third kappa shape index (κ3) is 4.59. The van der Waals surface area contributed by atoms with Crippen LogP contribution in [0.2, 0.25) is 5.02 Å². The molecule has 0 fully saturated rings. The second kappa shape index (κ2) is 7.25. The van der Waals surface area contributed by atoms with Gasteiger partial charge in [0.2, 0.25) is 5.91 Å². The highest BCUT2D eigenvalue weighted by molar-refractivity contribution is 6.31. The van der Waals surface area contributed by atoms with Crippen molar-refractivity contribution in [3.05, 3.63) is 64.7 Å². The van der Waals surface area contributed by atoms with Crippen LogP contribution in [0, 0.1) is 6.92 Å². The van der Waals surface area contributed by atoms with Crippen LogP contribution in [0.25, 0.3) is 0 Å². The molecule has 1 unspecified atom stereocenters. The van der Waals surface area contributed by atoms with E-state index in [-0.39, 0.29) is 18.5 Å². The first-order valence-corrected chi connectivity index (χ1v) is 7.28. The van der Waals surface area contributed by atoms with Gasteiger partial charge in [-0.25, -0.2) is 0 Å². The van der Waals surface area contributed by atoms with Gasteiger partial charge in [0.1, 0.15) is 0 Å². The van der Waals surface area contributed by atoms with Crippen molar-refractivity contribution in [2.24, 2.45) is 0 Å². The van der Waals surface area contributed by atoms with Gasteiger partial charge in [0.15, 0.2) is 0 Å². The molecule has 2 aromatic rings. The van der Waals surface area contributed by atoms with Crippen molar-refractivity contribution in [1.82, 2.24) is 5.32 Å². The first kappa shape index (κ1) is 15.5. The van der Waals surface area contributed by atoms with Gasteiger partial charge in [-0.15, -0.1) is 0 Å². The standard InChI is InChI=1S/C17H19ClN2O/c1-12-8-9-15(18)10-16(12)20-17(21)11-19-13(2)14-6-4-3-5-7-14/h3-10,13,19H,11H2,1-2H3,(H,20,21). The van der Waals surface area contributed by atoms with E-state index in [4.69, 9.17) is 11.6 Å². The number of hydrogen-bond acceptors (Lipinski definition) is 2. The number of hydrogen-bond donors (Lipinski definition) is 2. The van der Waals surface area contributed by atoms with Crippen LogP contribution in [-0.2, 0) is 4.79 Å². The van der Waals surface area contributed by atoms with Crippen molar-refractivity contribution in [2.75, 3.05) is 11.9 Å². The van der Waals surface area contributed by atoms with Gasteiger partial charge in [-0.1, -0.05) is 48.0 Å². The Kier molecular flexibility index (Phi) is 5.37. The zero-order chi connectivity index (χ0) is 15.2. The van der Waals surface area contributed by atoms with E-state index in [1.807, 2.05) is 56.3 Å². The molecule has 0 aromatic heterocycles. The second-order valence-electron chi connectivity index (χ2n) is 5.02. The highest BCUT2D eigenvalue weighted by Crippen LogP contribution is 2.20. The van der Waals surface area contributed by atoms with Crippen LogP contribution < -0.4 is 10.6 Å². The van der Waals surface area contributed by atoms with Gasteiger partial charge in [-0.3, -0.25) is 4.79 Å². The number of halogens is 1. The molecule has 0 heterocycles. The summed E-state index contributed by atoms with van der Waals surface area (Å²) in [5.41, 5.74) is 2.90. The molecule has 0 aliphatic rings. The fourth-order valence-corrected chi connectivity index (χ4v) is 2.20. The molecule has 1 amide bonds. The van der Waals surface area contributed by atoms with Crippen LogP contribution in [0.3, 0.4) is 0 Å². The zero-order valence-corrected chi connectivity index (χ0v) is 12.9. The summed E-state index contributed by atoms with van der Waals surface area (Å²) in [5, 5.41) is 6.69. The maximum absolute atomic E-state index is 12.0. The Bertz CT molecular complexity index is 613. The minimum atomic E-state index is -0.0804. The molecule has 3 nitrogen and oxygen atoms in total. The van der Waals surface area contributed by atoms with E-state index in [9.17, 15) is 4.79 Å². The smallest absolute Gasteiger partial charge is 0.238 e. The highest BCUT2D eigenvalue weighted by atomic mass is 35.5. The van der Waals surface area contributed by atoms with Crippen molar-refractivity contribution in [3.8, 4) is 0 Å². The molecule has 0 saturated carbocycles. The summed E-state index contributed by atoms with van der Waals surface area (Å²) < 4.78 is 0. The lowest BCUT2D eigenvalue weighted by molar-refractivity contribution is -0.115. The topological polar surface area (TPSA) is 41.1 Å². The van der Waals surface area contributed by atoms with Gasteiger partial charge >= 0.3 is 0 Å². The number of anilines is 1. The van der Waals surface area contributed by atoms with E-state index < -0.39 is 0 Å². The van der Waals surface area contributed by atoms with E-state index in [2.05, 4.69) is 10.6 Å². The van der Waals surface area contributed by atoms with Crippen molar-refractivity contribution >= 4 is 23.2 Å². The maximum atomic E-state index is 12.0. The molecule has 110 valence electrons. The molecule has 0 radical (unpaired) electrons. The van der Waals surface area contributed by atoms with E-state index in [1.165, 1.54) is 0 Å². The third-order valence-electron chi connectivity index (χ3n) is 3.34. The molecule has 4 heteroatoms. The zero-order valence-electron chi connectivity index (χ0n) is 12.2. The molecule has 2 aromatic carbocycles. The molecule has 0 aliphatic carbocycles. The maximum Gasteiger partial charge on any atom is 0.238 e. The molecule has 2 N–H and O–H groups in total. The Labute approximate surface area is 130 Å². The van der Waals surface area contributed by atoms with Gasteiger partial charge in [0.25, 0.3) is 0 Å². The van der Waals surface area contributed by atoms with Crippen molar-refractivity contribution in [1.29, 1.82) is 0 Å². The van der Waals surface area contributed by atoms with E-state index in [1.54, 1.807) is 6.07 Å². The van der Waals surface area contributed by atoms with Gasteiger partial charge < -0.3 is 10.6 Å². The average molecular weight is 303 g/mol. The minimum Gasteiger partial charge on any atom is -0.325 e. The summed E-state index contributed by atoms with van der Waals surface area (Å²) in [6, 6.07) is 15.6. The van der Waals surface area contributed by atoms with Crippen LogP contribution in [-0.4, -0.2) is 12.5 Å². The fourth-order valence-electron chi connectivity index (χ4n) is 2.03. The van der Waals surface area contributed by atoms with Crippen LogP contribution in [0.15, 0.2) is 48.5 Å². The van der Waals surface area contributed by atoms with Crippen LogP contribution in [0.4, 0.5) is 5.69 Å². The van der Waals surface area contributed by atoms with Crippen LogP contribution in [0.1, 0.15) is 24.1 Å². The van der Waals surface area contributed by atoms with Crippen molar-refractivity contribution < 1.29 is 4.79 Å². The van der Waals surface area contributed by atoms with Gasteiger partial charge in [-0.05, 0) is 37.1 Å². The number of carbonyl (C=O) groups excluding carboxylic acids is 1. The molecule has 0 bridgehead atoms. The number of rotatable bonds is 5. The molecule has 0 saturated heterocycles. The number of amides is 1. The summed E-state index contributed by atoms with van der Waals surface area (Å²) in [4.78, 5) is 12.0. The Morgan fingerprint density at radius 2 is 1.90 bits per heavy atom. The predicted octanol–water partition coefficient (Wildman–Crippen LogP) is 3.94. The lowest BCUT2D eigenvalue weighted by Crippen LogP contribution is -2.30. The van der Waals surface area contributed by atoms with Crippen molar-refractivity contribution in [3.63, 3.8) is 0 Å². The second-order valence-corrected chi connectivity index (χ2v) is 5.46. The number of nitrogens with one attached hydrogen (secondary N) is 2. The average Bonchev–Trinajstić information content (AvgIpc) is 2.49. The molecule has 0 spiro atoms. The number of carbonyl (C=O) groups is 1. The highest BCUT2D eigenvalue weighted by Gasteiger charge is 2.08. The largest absolute Gasteiger partial charge is 0.325 e. The normalized spacial score (nSPS) is 12.0. The Morgan fingerprint density at radius 3 is 2.62 bits per heavy atom. The predicted molar refractivity (Wildman–Crippen MR) is 87.7 cm³/mol.